The number of urea groups is 3. The van der Waals surface area contributed by atoms with Gasteiger partial charge >= 0.3 is 18.1 Å². The Bertz CT molecular complexity index is 2160. The minimum Gasteiger partial charge on any atom is -0.372 e. The fourth-order valence-corrected chi connectivity index (χ4v) is 10.7. The van der Waals surface area contributed by atoms with Crippen LogP contribution < -0.4 is 43.4 Å². The number of hydrogen-bond donors (Lipinski definition) is 8. The molecule has 0 bridgehead atoms. The lowest BCUT2D eigenvalue weighted by Crippen LogP contribution is -2.52. The minimum absolute atomic E-state index is 0.0249. The number of fused-ring (bicyclic) bond motifs is 2. The van der Waals surface area contributed by atoms with Crippen LogP contribution in [-0.2, 0) is 43.2 Å². The van der Waals surface area contributed by atoms with E-state index >= 15 is 0 Å². The molecule has 3 unspecified atom stereocenters. The van der Waals surface area contributed by atoms with Crippen molar-refractivity contribution in [3.8, 4) is 0 Å². The number of likely N-dealkylation sites (tertiary alicyclic amines) is 2. The number of rotatable bonds is 23. The molecular formula is C61H104N12O8. The molecule has 10 amide bonds. The molecule has 4 aliphatic rings. The first-order valence-corrected chi connectivity index (χ1v) is 30.1. The average molecular weight is 1130 g/mol. The summed E-state index contributed by atoms with van der Waals surface area (Å²) in [4.78, 5) is 101. The van der Waals surface area contributed by atoms with E-state index in [-0.39, 0.29) is 79.4 Å². The lowest BCUT2D eigenvalue weighted by Gasteiger charge is -2.30. The van der Waals surface area contributed by atoms with Crippen molar-refractivity contribution in [2.24, 2.45) is 11.5 Å². The van der Waals surface area contributed by atoms with Gasteiger partial charge < -0.3 is 57.5 Å². The number of hydrogen-bond acceptors (Lipinski definition) is 11. The minimum atomic E-state index is -0.717. The second kappa shape index (κ2) is 41.0. The molecule has 2 aliphatic carbocycles. The van der Waals surface area contributed by atoms with Gasteiger partial charge in [0.2, 0.25) is 24.1 Å². The van der Waals surface area contributed by atoms with Crippen LogP contribution in [-0.4, -0.2) is 165 Å². The molecule has 2 aromatic carbocycles. The highest BCUT2D eigenvalue weighted by atomic mass is 16.2. The van der Waals surface area contributed by atoms with Gasteiger partial charge in [-0.1, -0.05) is 81.1 Å². The van der Waals surface area contributed by atoms with E-state index in [2.05, 4.69) is 111 Å². The van der Waals surface area contributed by atoms with E-state index in [0.29, 0.717) is 51.5 Å². The highest BCUT2D eigenvalue weighted by Crippen LogP contribution is 2.31. The van der Waals surface area contributed by atoms with Gasteiger partial charge in [-0.05, 0) is 168 Å². The number of nitrogens with zero attached hydrogens (tertiary/aromatic N) is 4. The Balaban J connectivity index is 0.000000511. The Morgan fingerprint density at radius 1 is 0.716 bits per heavy atom. The number of amides is 10. The van der Waals surface area contributed by atoms with E-state index in [0.717, 1.165) is 77.0 Å². The Labute approximate surface area is 485 Å². The summed E-state index contributed by atoms with van der Waals surface area (Å²) >= 11 is 0. The van der Waals surface area contributed by atoms with E-state index in [4.69, 9.17) is 4.79 Å². The van der Waals surface area contributed by atoms with Crippen molar-refractivity contribution in [2.75, 3.05) is 60.4 Å². The second-order valence-electron chi connectivity index (χ2n) is 21.3. The van der Waals surface area contributed by atoms with Gasteiger partial charge in [-0.15, -0.1) is 0 Å². The van der Waals surface area contributed by atoms with Crippen molar-refractivity contribution < 1.29 is 38.4 Å². The van der Waals surface area contributed by atoms with Gasteiger partial charge in [0.15, 0.2) is 0 Å². The molecule has 2 saturated heterocycles. The zero-order valence-electron chi connectivity index (χ0n) is 50.7. The molecule has 456 valence electrons. The number of aldehydes is 1. The van der Waals surface area contributed by atoms with Crippen LogP contribution in [0.1, 0.15) is 173 Å². The third-order valence-corrected chi connectivity index (χ3v) is 15.8. The van der Waals surface area contributed by atoms with Gasteiger partial charge in [0, 0.05) is 63.8 Å². The molecule has 20 nitrogen and oxygen atoms in total. The molecule has 0 spiro atoms. The lowest BCUT2D eigenvalue weighted by molar-refractivity contribution is -0.126. The monoisotopic (exact) mass is 1130 g/mol. The van der Waals surface area contributed by atoms with Crippen LogP contribution in [0.5, 0.6) is 0 Å². The first-order valence-electron chi connectivity index (χ1n) is 30.1. The summed E-state index contributed by atoms with van der Waals surface area (Å²) in [5, 5.41) is 17.1. The van der Waals surface area contributed by atoms with Crippen molar-refractivity contribution in [3.63, 3.8) is 0 Å². The van der Waals surface area contributed by atoms with Gasteiger partial charge in [0.25, 0.3) is 0 Å². The average Bonchev–Trinajstić information content (AvgIpc) is 4.05. The topological polar surface area (TPSA) is 274 Å². The summed E-state index contributed by atoms with van der Waals surface area (Å²) in [5.41, 5.74) is 14.5. The molecule has 0 aromatic heterocycles. The van der Waals surface area contributed by atoms with E-state index in [1.54, 1.807) is 41.8 Å². The maximum Gasteiger partial charge on any atom is 0.324 e. The maximum absolute atomic E-state index is 12.8. The van der Waals surface area contributed by atoms with Crippen molar-refractivity contribution in [3.05, 3.63) is 70.8 Å². The van der Waals surface area contributed by atoms with Crippen LogP contribution in [0.15, 0.2) is 48.5 Å². The SMILES string of the molecule is CCC(=O)N[C@H](C=O)CN(CC)C(=O)NCCCCCCCCNC(=O)N(CC)CC[C@H]1CCC(C)N1C(=O)NC(=O)C(C)NC.CN.C[C@H]1CC[C@@H](C(=O)NC2CCCc3ccccc32)N1C.NC=O.c1ccc2c(c1)CCCC2. The molecule has 2 aromatic rings. The van der Waals surface area contributed by atoms with Crippen LogP contribution in [0, 0.1) is 0 Å². The highest BCUT2D eigenvalue weighted by molar-refractivity contribution is 5.97. The molecule has 10 N–H and O–H groups in total. The van der Waals surface area contributed by atoms with Crippen molar-refractivity contribution >= 4 is 48.5 Å². The molecule has 2 fully saturated rings. The van der Waals surface area contributed by atoms with Gasteiger partial charge in [-0.2, -0.15) is 0 Å². The third-order valence-electron chi connectivity index (χ3n) is 15.8. The Morgan fingerprint density at radius 3 is 1.78 bits per heavy atom. The van der Waals surface area contributed by atoms with E-state index in [1.807, 2.05) is 20.8 Å². The summed E-state index contributed by atoms with van der Waals surface area (Å²) in [5.74, 6) is -0.376. The number of primary amides is 1. The third kappa shape index (κ3) is 25.3. The Hall–Kier alpha value is -6.12. The zero-order valence-corrected chi connectivity index (χ0v) is 50.7. The van der Waals surface area contributed by atoms with Crippen LogP contribution in [0.2, 0.25) is 0 Å². The zero-order chi connectivity index (χ0) is 60.1. The van der Waals surface area contributed by atoms with E-state index < -0.39 is 12.1 Å². The lowest BCUT2D eigenvalue weighted by atomic mass is 9.87. The van der Waals surface area contributed by atoms with Crippen LogP contribution in [0.3, 0.4) is 0 Å². The molecule has 7 atom stereocenters. The number of carbonyl (C=O) groups is 8. The molecule has 81 heavy (non-hydrogen) atoms. The van der Waals surface area contributed by atoms with E-state index in [9.17, 15) is 33.6 Å². The summed E-state index contributed by atoms with van der Waals surface area (Å²) in [6.07, 6.45) is 20.2. The molecule has 0 saturated carbocycles. The quantitative estimate of drug-likeness (QED) is 0.0441. The Kier molecular flexibility index (Phi) is 35.9. The summed E-state index contributed by atoms with van der Waals surface area (Å²) in [6, 6.07) is 16.2. The van der Waals surface area contributed by atoms with Gasteiger partial charge in [0.05, 0.1) is 18.1 Å². The predicted octanol–water partition coefficient (Wildman–Crippen LogP) is 6.48. The second-order valence-corrected chi connectivity index (χ2v) is 21.3. The summed E-state index contributed by atoms with van der Waals surface area (Å²) in [7, 11) is 5.24. The van der Waals surface area contributed by atoms with Gasteiger partial charge in [0.1, 0.15) is 12.3 Å². The number of benzene rings is 2. The fourth-order valence-electron chi connectivity index (χ4n) is 10.7. The van der Waals surface area contributed by atoms with Crippen molar-refractivity contribution in [2.45, 2.75) is 206 Å². The molecule has 20 heteroatoms. The first-order chi connectivity index (χ1) is 39.1. The smallest absolute Gasteiger partial charge is 0.324 e. The number of carbonyl (C=O) groups excluding carboxylic acids is 8. The van der Waals surface area contributed by atoms with Crippen LogP contribution in [0.4, 0.5) is 14.4 Å². The standard InChI is InChI=1S/C32H60N8O6.C17H24N2O.C10H12.CH3NO.CH5N/c1-7-28(42)36-26(23-41)22-39(9-3)31(45)35-20-15-13-11-10-12-14-19-34-30(44)38(8-2)21-18-27-17-16-24(4)40(27)32(46)37-29(43)25(5)33-6;1-12-10-11-16(19(12)2)17(20)18-15-9-5-7-13-6-3-4-8-14(13)15;1-2-6-10-8-4-3-7-9(10)5-1;2-1-3;1-2/h23-27,33H,7-22H2,1-6H3,(H,34,44)(H,35,45)(H,36,42)(H,37,43,46);3-4,6,8,12,15-16H,5,7,9-11H2,1-2H3,(H,18,20);1-2,5-6H,3-4,7-8H2;1H,(H2,2,3);2H2,1H3/t24?,25?,26-,27+;12-,15?,16-;;;/m00.../s1. The fraction of sp³-hybridized carbons (Fsp3) is 0.672. The molecule has 6 rings (SSSR count). The first kappa shape index (κ1) is 71.0. The number of likely N-dealkylation sites (N-methyl/N-ethyl adjacent to an activating group) is 3. The predicted molar refractivity (Wildman–Crippen MR) is 322 cm³/mol. The summed E-state index contributed by atoms with van der Waals surface area (Å²) in [6.45, 7) is 14.2. The molecule has 2 heterocycles. The van der Waals surface area contributed by atoms with Crippen LogP contribution >= 0.6 is 0 Å². The largest absolute Gasteiger partial charge is 0.372 e. The maximum atomic E-state index is 12.8. The Morgan fingerprint density at radius 2 is 1.25 bits per heavy atom. The van der Waals surface area contributed by atoms with Crippen LogP contribution in [0.25, 0.3) is 0 Å². The van der Waals surface area contributed by atoms with Crippen molar-refractivity contribution in [1.29, 1.82) is 0 Å². The molecular weight excluding hydrogens is 1030 g/mol. The summed E-state index contributed by atoms with van der Waals surface area (Å²) < 4.78 is 0. The van der Waals surface area contributed by atoms with Gasteiger partial charge in [-0.3, -0.25) is 29.4 Å². The number of imide groups is 1. The highest BCUT2D eigenvalue weighted by Gasteiger charge is 2.36. The molecule has 0 radical (unpaired) electrons. The van der Waals surface area contributed by atoms with Gasteiger partial charge in [-0.25, -0.2) is 14.4 Å². The number of nitrogens with two attached hydrogens (primary N) is 2. The number of aryl methyl sites for hydroxylation is 3. The van der Waals surface area contributed by atoms with Crippen molar-refractivity contribution in [1.82, 2.24) is 51.5 Å². The molecule has 2 aliphatic heterocycles. The number of nitrogens with one attached hydrogen (secondary N) is 6. The number of unbranched alkanes of at least 4 members (excludes halogenated alkanes) is 5. The normalized spacial score (nSPS) is 19.3. The van der Waals surface area contributed by atoms with E-state index in [1.165, 1.54) is 55.2 Å².